The van der Waals surface area contributed by atoms with Crippen molar-refractivity contribution in [2.45, 2.75) is 0 Å². The van der Waals surface area contributed by atoms with E-state index in [1.165, 1.54) is 4.90 Å². The minimum absolute atomic E-state index is 0.305. The molecule has 0 unspecified atom stereocenters. The molecule has 2 heterocycles. The van der Waals surface area contributed by atoms with Gasteiger partial charge in [0.1, 0.15) is 11.5 Å². The zero-order chi connectivity index (χ0) is 22.9. The van der Waals surface area contributed by atoms with E-state index >= 15 is 0 Å². The standard InChI is InChI=1S/C27H20N2O4/c1-32-19-12-7-17(8-13-19)9-16-23-25-24(21-5-3-4-6-22(21)28-23)26(30)29(27(25)31)18-10-14-20(33-2)15-11-18/h3-16H,1-2H3/b16-9+. The van der Waals surface area contributed by atoms with Crippen LogP contribution in [0.2, 0.25) is 0 Å². The van der Waals surface area contributed by atoms with E-state index < -0.39 is 5.91 Å². The largest absolute Gasteiger partial charge is 0.497 e. The summed E-state index contributed by atoms with van der Waals surface area (Å²) in [6.07, 6.45) is 3.64. The lowest BCUT2D eigenvalue weighted by atomic mass is 10.0. The molecule has 0 fully saturated rings. The number of nitrogens with zero attached hydrogens (tertiary/aromatic N) is 2. The Morgan fingerprint density at radius 1 is 0.727 bits per heavy atom. The molecule has 5 rings (SSSR count). The Kier molecular flexibility index (Phi) is 5.11. The van der Waals surface area contributed by atoms with Crippen LogP contribution in [0.25, 0.3) is 23.1 Å². The number of carbonyl (C=O) groups excluding carboxylic acids is 2. The number of fused-ring (bicyclic) bond motifs is 3. The summed E-state index contributed by atoms with van der Waals surface area (Å²) in [4.78, 5) is 32.9. The van der Waals surface area contributed by atoms with Gasteiger partial charge in [-0.2, -0.15) is 0 Å². The molecule has 0 N–H and O–H groups in total. The van der Waals surface area contributed by atoms with Crippen LogP contribution in [-0.2, 0) is 0 Å². The van der Waals surface area contributed by atoms with E-state index in [4.69, 9.17) is 14.5 Å². The highest BCUT2D eigenvalue weighted by Crippen LogP contribution is 2.35. The van der Waals surface area contributed by atoms with Gasteiger partial charge in [0.2, 0.25) is 0 Å². The van der Waals surface area contributed by atoms with Crippen molar-refractivity contribution in [3.63, 3.8) is 0 Å². The van der Waals surface area contributed by atoms with E-state index in [1.807, 2.05) is 54.6 Å². The number of imide groups is 1. The third kappa shape index (κ3) is 3.51. The molecule has 1 aliphatic rings. The average molecular weight is 436 g/mol. The SMILES string of the molecule is COc1ccc(/C=C/c2nc3ccccc3c3c2C(=O)N(c2ccc(OC)cc2)C3=O)cc1. The molecule has 162 valence electrons. The van der Waals surface area contributed by atoms with Crippen molar-refractivity contribution in [3.05, 3.63) is 95.2 Å². The van der Waals surface area contributed by atoms with E-state index in [1.54, 1.807) is 44.6 Å². The second-order valence-electron chi connectivity index (χ2n) is 7.51. The van der Waals surface area contributed by atoms with Crippen LogP contribution < -0.4 is 14.4 Å². The van der Waals surface area contributed by atoms with E-state index in [9.17, 15) is 9.59 Å². The lowest BCUT2D eigenvalue weighted by Gasteiger charge is -2.14. The fourth-order valence-corrected chi connectivity index (χ4v) is 3.96. The molecule has 0 aliphatic carbocycles. The van der Waals surface area contributed by atoms with E-state index in [0.717, 1.165) is 11.3 Å². The molecule has 2 amide bonds. The Balaban J connectivity index is 1.63. The zero-order valence-corrected chi connectivity index (χ0v) is 18.1. The van der Waals surface area contributed by atoms with Gasteiger partial charge in [-0.05, 0) is 54.1 Å². The normalized spacial score (nSPS) is 13.1. The Labute approximate surface area is 190 Å². The Morgan fingerprint density at radius 3 is 2.00 bits per heavy atom. The molecule has 4 aromatic rings. The van der Waals surface area contributed by atoms with Crippen LogP contribution in [0, 0.1) is 0 Å². The van der Waals surface area contributed by atoms with E-state index in [0.29, 0.717) is 39.2 Å². The molecule has 1 aromatic heterocycles. The summed E-state index contributed by atoms with van der Waals surface area (Å²) in [7, 11) is 3.18. The molecule has 0 bridgehead atoms. The molecule has 1 aliphatic heterocycles. The fraction of sp³-hybridized carbons (Fsp3) is 0.0741. The third-order valence-electron chi connectivity index (χ3n) is 5.63. The van der Waals surface area contributed by atoms with Crippen LogP contribution in [0.1, 0.15) is 32.0 Å². The highest BCUT2D eigenvalue weighted by molar-refractivity contribution is 6.38. The van der Waals surface area contributed by atoms with Crippen molar-refractivity contribution in [2.75, 3.05) is 19.1 Å². The highest BCUT2D eigenvalue weighted by Gasteiger charge is 2.40. The second-order valence-corrected chi connectivity index (χ2v) is 7.51. The summed E-state index contributed by atoms with van der Waals surface area (Å²) in [6, 6.07) is 21.7. The van der Waals surface area contributed by atoms with Crippen LogP contribution in [-0.4, -0.2) is 31.0 Å². The highest BCUT2D eigenvalue weighted by atomic mass is 16.5. The molecule has 0 saturated carbocycles. The Bertz CT molecular complexity index is 1410. The van der Waals surface area contributed by atoms with Gasteiger partial charge >= 0.3 is 0 Å². The number of anilines is 1. The predicted molar refractivity (Wildman–Crippen MR) is 128 cm³/mol. The third-order valence-corrected chi connectivity index (χ3v) is 5.63. The van der Waals surface area contributed by atoms with Gasteiger partial charge in [-0.25, -0.2) is 9.88 Å². The smallest absolute Gasteiger partial charge is 0.268 e. The van der Waals surface area contributed by atoms with Gasteiger partial charge < -0.3 is 9.47 Å². The fourth-order valence-electron chi connectivity index (χ4n) is 3.96. The minimum atomic E-state index is -0.396. The first-order chi connectivity index (χ1) is 16.1. The van der Waals surface area contributed by atoms with Crippen molar-refractivity contribution in [1.82, 2.24) is 4.98 Å². The number of hydrogen-bond donors (Lipinski definition) is 0. The number of amides is 2. The maximum absolute atomic E-state index is 13.5. The van der Waals surface area contributed by atoms with E-state index in [2.05, 4.69) is 0 Å². The Hall–Kier alpha value is -4.45. The molecular formula is C27H20N2O4. The van der Waals surface area contributed by atoms with Crippen molar-refractivity contribution >= 4 is 40.6 Å². The first kappa shape index (κ1) is 20.5. The number of hydrogen-bond acceptors (Lipinski definition) is 5. The van der Waals surface area contributed by atoms with Gasteiger partial charge in [0, 0.05) is 5.39 Å². The molecule has 6 heteroatoms. The van der Waals surface area contributed by atoms with Crippen LogP contribution in [0.4, 0.5) is 5.69 Å². The summed E-state index contributed by atoms with van der Waals surface area (Å²) in [5, 5.41) is 0.656. The molecule has 33 heavy (non-hydrogen) atoms. The predicted octanol–water partition coefficient (Wildman–Crippen LogP) is 5.22. The quantitative estimate of drug-likeness (QED) is 0.401. The first-order valence-electron chi connectivity index (χ1n) is 10.4. The number of rotatable bonds is 5. The minimum Gasteiger partial charge on any atom is -0.497 e. The summed E-state index contributed by atoms with van der Waals surface area (Å²) >= 11 is 0. The van der Waals surface area contributed by atoms with Crippen molar-refractivity contribution in [2.24, 2.45) is 0 Å². The molecule has 0 spiro atoms. The van der Waals surface area contributed by atoms with Crippen LogP contribution in [0.3, 0.4) is 0 Å². The van der Waals surface area contributed by atoms with Gasteiger partial charge in [-0.1, -0.05) is 36.4 Å². The lowest BCUT2D eigenvalue weighted by molar-refractivity contribution is 0.0926. The summed E-state index contributed by atoms with van der Waals surface area (Å²) < 4.78 is 10.4. The van der Waals surface area contributed by atoms with Crippen LogP contribution in [0.15, 0.2) is 72.8 Å². The van der Waals surface area contributed by atoms with Crippen LogP contribution >= 0.6 is 0 Å². The first-order valence-corrected chi connectivity index (χ1v) is 10.4. The summed E-state index contributed by atoms with van der Waals surface area (Å²) in [5.41, 5.74) is 3.19. The van der Waals surface area contributed by atoms with Gasteiger partial charge in [0.05, 0.1) is 42.2 Å². The molecule has 0 radical (unpaired) electrons. The molecule has 0 atom stereocenters. The maximum atomic E-state index is 13.5. The van der Waals surface area contributed by atoms with Crippen molar-refractivity contribution < 1.29 is 19.1 Å². The number of pyridine rings is 1. The van der Waals surface area contributed by atoms with Gasteiger partial charge in [0.25, 0.3) is 11.8 Å². The number of methoxy groups -OCH3 is 2. The van der Waals surface area contributed by atoms with E-state index in [-0.39, 0.29) is 5.91 Å². The van der Waals surface area contributed by atoms with Crippen molar-refractivity contribution in [3.8, 4) is 11.5 Å². The van der Waals surface area contributed by atoms with Gasteiger partial charge in [0.15, 0.2) is 0 Å². The van der Waals surface area contributed by atoms with Crippen LogP contribution in [0.5, 0.6) is 11.5 Å². The monoisotopic (exact) mass is 436 g/mol. The number of carbonyl (C=O) groups is 2. The zero-order valence-electron chi connectivity index (χ0n) is 18.1. The van der Waals surface area contributed by atoms with Gasteiger partial charge in [-0.15, -0.1) is 0 Å². The molecule has 0 saturated heterocycles. The lowest BCUT2D eigenvalue weighted by Crippen LogP contribution is -2.29. The maximum Gasteiger partial charge on any atom is 0.268 e. The number of benzene rings is 3. The number of aromatic nitrogens is 1. The molecule has 3 aromatic carbocycles. The summed E-state index contributed by atoms with van der Waals surface area (Å²) in [6.45, 7) is 0. The van der Waals surface area contributed by atoms with Crippen molar-refractivity contribution in [1.29, 1.82) is 0 Å². The topological polar surface area (TPSA) is 68.7 Å². The number of para-hydroxylation sites is 1. The molecular weight excluding hydrogens is 416 g/mol. The van der Waals surface area contributed by atoms with Gasteiger partial charge in [-0.3, -0.25) is 9.59 Å². The Morgan fingerprint density at radius 2 is 1.33 bits per heavy atom. The average Bonchev–Trinajstić information content (AvgIpc) is 3.13. The summed E-state index contributed by atoms with van der Waals surface area (Å²) in [5.74, 6) is 0.643. The molecule has 6 nitrogen and oxygen atoms in total. The number of ether oxygens (including phenoxy) is 2. The second kappa shape index (κ2) is 8.24.